The summed E-state index contributed by atoms with van der Waals surface area (Å²) in [4.78, 5) is 27.7. The Bertz CT molecular complexity index is 754. The number of aryl methyl sites for hydroxylation is 2. The zero-order chi connectivity index (χ0) is 15.0. The molecule has 2 aromatic rings. The summed E-state index contributed by atoms with van der Waals surface area (Å²) < 4.78 is 7.47. The number of rotatable bonds is 2. The largest absolute Gasteiger partial charge is 0.490 e. The van der Waals surface area contributed by atoms with E-state index in [4.69, 9.17) is 4.74 Å². The highest BCUT2D eigenvalue weighted by Crippen LogP contribution is 2.27. The number of benzene rings is 1. The Morgan fingerprint density at radius 2 is 1.95 bits per heavy atom. The Morgan fingerprint density at radius 1 is 1.24 bits per heavy atom. The van der Waals surface area contributed by atoms with Gasteiger partial charge >= 0.3 is 0 Å². The molecule has 1 saturated carbocycles. The van der Waals surface area contributed by atoms with E-state index < -0.39 is 0 Å². The van der Waals surface area contributed by atoms with Gasteiger partial charge in [0.15, 0.2) is 0 Å². The zero-order valence-corrected chi connectivity index (χ0v) is 12.3. The summed E-state index contributed by atoms with van der Waals surface area (Å²) in [5, 5.41) is 0.562. The van der Waals surface area contributed by atoms with E-state index in [1.165, 1.54) is 10.9 Å². The number of ketones is 1. The monoisotopic (exact) mass is 286 g/mol. The maximum Gasteiger partial charge on any atom is 0.261 e. The molecule has 1 aliphatic rings. The molecule has 1 heterocycles. The maximum absolute atomic E-state index is 12.1. The van der Waals surface area contributed by atoms with Crippen LogP contribution < -0.4 is 10.3 Å². The van der Waals surface area contributed by atoms with E-state index in [0.717, 1.165) is 18.4 Å². The van der Waals surface area contributed by atoms with Crippen LogP contribution in [0.3, 0.4) is 0 Å². The van der Waals surface area contributed by atoms with Crippen LogP contribution in [0.1, 0.15) is 31.2 Å². The van der Waals surface area contributed by atoms with E-state index in [1.54, 1.807) is 13.1 Å². The summed E-state index contributed by atoms with van der Waals surface area (Å²) in [6.45, 7) is 1.95. The normalized spacial score (nSPS) is 16.4. The summed E-state index contributed by atoms with van der Waals surface area (Å²) in [5.74, 6) is 1.02. The topological polar surface area (TPSA) is 61.2 Å². The van der Waals surface area contributed by atoms with Gasteiger partial charge in [0.1, 0.15) is 11.5 Å². The van der Waals surface area contributed by atoms with Crippen molar-refractivity contribution < 1.29 is 9.53 Å². The minimum atomic E-state index is -0.0799. The van der Waals surface area contributed by atoms with E-state index in [1.807, 2.05) is 13.0 Å². The summed E-state index contributed by atoms with van der Waals surface area (Å²) >= 11 is 0. The van der Waals surface area contributed by atoms with Gasteiger partial charge in [0.25, 0.3) is 5.56 Å². The van der Waals surface area contributed by atoms with Gasteiger partial charge in [0.2, 0.25) is 0 Å². The minimum absolute atomic E-state index is 0.0550. The second-order valence-electron chi connectivity index (χ2n) is 5.65. The third-order valence-electron chi connectivity index (χ3n) is 4.00. The molecule has 0 saturated heterocycles. The lowest BCUT2D eigenvalue weighted by atomic mass is 9.96. The smallest absolute Gasteiger partial charge is 0.261 e. The fraction of sp³-hybridized carbons (Fsp3) is 0.438. The molecule has 5 nitrogen and oxygen atoms in total. The van der Waals surface area contributed by atoms with Crippen molar-refractivity contribution in [3.63, 3.8) is 0 Å². The van der Waals surface area contributed by atoms with Gasteiger partial charge < -0.3 is 9.30 Å². The van der Waals surface area contributed by atoms with Crippen molar-refractivity contribution in [3.8, 4) is 5.75 Å². The molecule has 110 valence electrons. The maximum atomic E-state index is 12.1. The van der Waals surface area contributed by atoms with Gasteiger partial charge in [-0.2, -0.15) is 0 Å². The lowest BCUT2D eigenvalue weighted by Crippen LogP contribution is -2.24. The Morgan fingerprint density at radius 3 is 2.67 bits per heavy atom. The van der Waals surface area contributed by atoms with Crippen molar-refractivity contribution in [3.05, 3.63) is 34.4 Å². The van der Waals surface area contributed by atoms with E-state index in [0.29, 0.717) is 35.3 Å². The third-order valence-corrected chi connectivity index (χ3v) is 4.00. The number of hydrogen-bond donors (Lipinski definition) is 0. The van der Waals surface area contributed by atoms with Crippen LogP contribution in [0, 0.1) is 6.92 Å². The molecule has 0 bridgehead atoms. The Kier molecular flexibility index (Phi) is 3.49. The fourth-order valence-electron chi connectivity index (χ4n) is 2.68. The van der Waals surface area contributed by atoms with Crippen LogP contribution in [0.4, 0.5) is 0 Å². The predicted molar refractivity (Wildman–Crippen MR) is 79.6 cm³/mol. The highest BCUT2D eigenvalue weighted by molar-refractivity contribution is 5.80. The Hall–Kier alpha value is -2.17. The third kappa shape index (κ3) is 2.68. The average Bonchev–Trinajstić information content (AvgIpc) is 2.47. The van der Waals surface area contributed by atoms with E-state index in [9.17, 15) is 9.59 Å². The minimum Gasteiger partial charge on any atom is -0.490 e. The summed E-state index contributed by atoms with van der Waals surface area (Å²) in [5.41, 5.74) is 1.56. The molecule has 0 atom stereocenters. The summed E-state index contributed by atoms with van der Waals surface area (Å²) in [6.07, 6.45) is 4.25. The van der Waals surface area contributed by atoms with Crippen molar-refractivity contribution in [2.24, 2.45) is 7.05 Å². The van der Waals surface area contributed by atoms with Gasteiger partial charge in [0, 0.05) is 19.9 Å². The number of nitrogens with zero attached hydrogens (tertiary/aromatic N) is 2. The van der Waals surface area contributed by atoms with Gasteiger partial charge in [0.05, 0.1) is 23.3 Å². The lowest BCUT2D eigenvalue weighted by molar-refractivity contribution is -0.121. The first-order chi connectivity index (χ1) is 10.0. The average molecular weight is 286 g/mol. The van der Waals surface area contributed by atoms with Crippen LogP contribution in [0.2, 0.25) is 0 Å². The molecule has 0 radical (unpaired) electrons. The number of carbonyl (C=O) groups is 1. The van der Waals surface area contributed by atoms with Crippen LogP contribution in [0.15, 0.2) is 23.3 Å². The number of fused-ring (bicyclic) bond motifs is 1. The van der Waals surface area contributed by atoms with Gasteiger partial charge in [-0.3, -0.25) is 9.59 Å². The van der Waals surface area contributed by atoms with Crippen molar-refractivity contribution in [1.29, 1.82) is 0 Å². The number of Topliss-reactive ketones (excluding diaryl/α,β-unsaturated/α-hetero) is 1. The molecule has 1 fully saturated rings. The van der Waals surface area contributed by atoms with E-state index >= 15 is 0 Å². The highest BCUT2D eigenvalue weighted by Gasteiger charge is 2.21. The molecule has 21 heavy (non-hydrogen) atoms. The van der Waals surface area contributed by atoms with Gasteiger partial charge in [-0.15, -0.1) is 0 Å². The molecule has 5 heteroatoms. The fourth-order valence-corrected chi connectivity index (χ4v) is 2.68. The molecule has 0 spiro atoms. The molecule has 0 N–H and O–H groups in total. The molecule has 0 unspecified atom stereocenters. The highest BCUT2D eigenvalue weighted by atomic mass is 16.5. The molecule has 1 aliphatic carbocycles. The Labute approximate surface area is 122 Å². The number of ether oxygens (including phenoxy) is 1. The standard InChI is InChI=1S/C16H18N2O3/c1-10-7-14-13(16(20)18(2)9-17-14)8-15(10)21-12-5-3-11(19)4-6-12/h7-9,12H,3-6H2,1-2H3. The zero-order valence-electron chi connectivity index (χ0n) is 12.3. The molecule has 3 rings (SSSR count). The molecule has 0 amide bonds. The van der Waals surface area contributed by atoms with Crippen molar-refractivity contribution >= 4 is 16.7 Å². The molecular formula is C16H18N2O3. The van der Waals surface area contributed by atoms with Crippen molar-refractivity contribution in [2.45, 2.75) is 38.7 Å². The van der Waals surface area contributed by atoms with Crippen LogP contribution >= 0.6 is 0 Å². The number of hydrogen-bond acceptors (Lipinski definition) is 4. The SMILES string of the molecule is Cc1cc2ncn(C)c(=O)c2cc1OC1CCC(=O)CC1. The molecule has 1 aromatic heterocycles. The predicted octanol–water partition coefficient (Wildman–Crippen LogP) is 2.13. The van der Waals surface area contributed by atoms with Crippen LogP contribution in [0.5, 0.6) is 5.75 Å². The number of aromatic nitrogens is 2. The first-order valence-electron chi connectivity index (χ1n) is 7.19. The first kappa shape index (κ1) is 13.8. The Balaban J connectivity index is 1.95. The van der Waals surface area contributed by atoms with Crippen LogP contribution in [-0.2, 0) is 11.8 Å². The van der Waals surface area contributed by atoms with E-state index in [-0.39, 0.29) is 11.7 Å². The van der Waals surface area contributed by atoms with Crippen LogP contribution in [0.25, 0.3) is 10.9 Å². The van der Waals surface area contributed by atoms with E-state index in [2.05, 4.69) is 4.98 Å². The van der Waals surface area contributed by atoms with Crippen molar-refractivity contribution in [1.82, 2.24) is 9.55 Å². The molecule has 1 aromatic carbocycles. The van der Waals surface area contributed by atoms with Crippen molar-refractivity contribution in [2.75, 3.05) is 0 Å². The molecule has 0 aliphatic heterocycles. The van der Waals surface area contributed by atoms with Gasteiger partial charge in [-0.05, 0) is 37.5 Å². The van der Waals surface area contributed by atoms with Gasteiger partial charge in [-0.25, -0.2) is 4.98 Å². The van der Waals surface area contributed by atoms with Gasteiger partial charge in [-0.1, -0.05) is 0 Å². The first-order valence-corrected chi connectivity index (χ1v) is 7.19. The lowest BCUT2D eigenvalue weighted by Gasteiger charge is -2.23. The number of carbonyl (C=O) groups excluding carboxylic acids is 1. The summed E-state index contributed by atoms with van der Waals surface area (Å²) in [6, 6.07) is 3.65. The summed E-state index contributed by atoms with van der Waals surface area (Å²) in [7, 11) is 1.68. The molecular weight excluding hydrogens is 268 g/mol. The second kappa shape index (κ2) is 5.31. The second-order valence-corrected chi connectivity index (χ2v) is 5.65. The quantitative estimate of drug-likeness (QED) is 0.848. The van der Waals surface area contributed by atoms with Crippen LogP contribution in [-0.4, -0.2) is 21.4 Å².